The van der Waals surface area contributed by atoms with Crippen molar-refractivity contribution in [3.63, 3.8) is 0 Å². The summed E-state index contributed by atoms with van der Waals surface area (Å²) < 4.78 is 2.15. The minimum atomic E-state index is 0.786. The first-order valence-corrected chi connectivity index (χ1v) is 5.28. The van der Waals surface area contributed by atoms with Gasteiger partial charge in [-0.3, -0.25) is 0 Å². The van der Waals surface area contributed by atoms with Crippen molar-refractivity contribution >= 4 is 0 Å². The fourth-order valence-corrected chi connectivity index (χ4v) is 1.39. The van der Waals surface area contributed by atoms with Crippen LogP contribution in [0.4, 0.5) is 0 Å². The number of hydrogen-bond donors (Lipinski definition) is 2. The predicted octanol–water partition coefficient (Wildman–Crippen LogP) is 0.731. The summed E-state index contributed by atoms with van der Waals surface area (Å²) in [7, 11) is 0. The number of nitrogens with one attached hydrogen (secondary N) is 1. The van der Waals surface area contributed by atoms with Gasteiger partial charge in [0.25, 0.3) is 0 Å². The molecular weight excluding hydrogens is 176 g/mol. The van der Waals surface area contributed by atoms with E-state index in [1.54, 1.807) is 0 Å². The maximum absolute atomic E-state index is 5.41. The quantitative estimate of drug-likeness (QED) is 0.632. The van der Waals surface area contributed by atoms with Crippen LogP contribution >= 0.6 is 0 Å². The molecule has 1 rings (SSSR count). The van der Waals surface area contributed by atoms with Gasteiger partial charge < -0.3 is 15.6 Å². The maximum Gasteiger partial charge on any atom is 0.0948 e. The molecule has 0 aliphatic carbocycles. The van der Waals surface area contributed by atoms with E-state index in [9.17, 15) is 0 Å². The fraction of sp³-hybridized carbons (Fsp3) is 0.700. The van der Waals surface area contributed by atoms with Gasteiger partial charge in [-0.2, -0.15) is 0 Å². The van der Waals surface area contributed by atoms with Crippen LogP contribution in [0.15, 0.2) is 12.5 Å². The Hall–Kier alpha value is -0.870. The largest absolute Gasteiger partial charge is 0.334 e. The van der Waals surface area contributed by atoms with Crippen molar-refractivity contribution in [3.8, 4) is 0 Å². The molecule has 0 fully saturated rings. The summed E-state index contributed by atoms with van der Waals surface area (Å²) in [6.07, 6.45) is 6.03. The third kappa shape index (κ3) is 3.47. The molecule has 0 spiro atoms. The molecule has 0 bridgehead atoms. The van der Waals surface area contributed by atoms with Crippen LogP contribution in [-0.4, -0.2) is 22.6 Å². The number of nitrogens with zero attached hydrogens (tertiary/aromatic N) is 2. The zero-order chi connectivity index (χ0) is 10.2. The second-order valence-electron chi connectivity index (χ2n) is 3.34. The highest BCUT2D eigenvalue weighted by Gasteiger charge is 1.98. The van der Waals surface area contributed by atoms with Crippen LogP contribution in [0.5, 0.6) is 0 Å². The molecule has 1 aromatic heterocycles. The van der Waals surface area contributed by atoms with Gasteiger partial charge in [0.1, 0.15) is 0 Å². The Morgan fingerprint density at radius 2 is 2.36 bits per heavy atom. The number of aryl methyl sites for hydroxylation is 1. The molecule has 0 radical (unpaired) electrons. The van der Waals surface area contributed by atoms with Crippen LogP contribution in [0.3, 0.4) is 0 Å². The van der Waals surface area contributed by atoms with Gasteiger partial charge in [-0.05, 0) is 32.9 Å². The number of unbranched alkanes of at least 4 members (excludes halogenated alkanes) is 1. The first-order valence-electron chi connectivity index (χ1n) is 5.28. The third-order valence-corrected chi connectivity index (χ3v) is 2.25. The molecule has 4 nitrogen and oxygen atoms in total. The summed E-state index contributed by atoms with van der Waals surface area (Å²) in [4.78, 5) is 4.11. The maximum atomic E-state index is 5.41. The molecule has 0 aliphatic heterocycles. The molecule has 0 saturated heterocycles. The lowest BCUT2D eigenvalue weighted by atomic mass is 10.3. The second-order valence-corrected chi connectivity index (χ2v) is 3.34. The lowest BCUT2D eigenvalue weighted by Gasteiger charge is -2.06. The van der Waals surface area contributed by atoms with Gasteiger partial charge in [-0.25, -0.2) is 4.98 Å². The van der Waals surface area contributed by atoms with Crippen molar-refractivity contribution in [2.45, 2.75) is 32.9 Å². The minimum Gasteiger partial charge on any atom is -0.334 e. The predicted molar refractivity (Wildman–Crippen MR) is 57.9 cm³/mol. The normalized spacial score (nSPS) is 10.7. The van der Waals surface area contributed by atoms with Crippen molar-refractivity contribution in [1.82, 2.24) is 14.9 Å². The minimum absolute atomic E-state index is 0.786. The molecule has 14 heavy (non-hydrogen) atoms. The van der Waals surface area contributed by atoms with E-state index in [-0.39, 0.29) is 0 Å². The Balaban J connectivity index is 2.17. The lowest BCUT2D eigenvalue weighted by molar-refractivity contribution is 0.596. The summed E-state index contributed by atoms with van der Waals surface area (Å²) >= 11 is 0. The zero-order valence-corrected chi connectivity index (χ0v) is 8.87. The molecule has 1 heterocycles. The summed E-state index contributed by atoms with van der Waals surface area (Å²) in [6, 6.07) is 0. The van der Waals surface area contributed by atoms with Crippen LogP contribution in [0, 0.1) is 0 Å². The van der Waals surface area contributed by atoms with Crippen molar-refractivity contribution < 1.29 is 0 Å². The standard InChI is InChI=1S/C10H20N4/c1-2-14-9-13-8-10(14)7-12-6-4-3-5-11/h8-9,12H,2-7,11H2,1H3. The molecular formula is C10H20N4. The molecule has 0 aliphatic rings. The Morgan fingerprint density at radius 3 is 3.07 bits per heavy atom. The van der Waals surface area contributed by atoms with Gasteiger partial charge >= 0.3 is 0 Å². The summed E-state index contributed by atoms with van der Waals surface area (Å²) in [5.74, 6) is 0. The van der Waals surface area contributed by atoms with Gasteiger partial charge in [0.2, 0.25) is 0 Å². The number of imidazole rings is 1. The molecule has 4 heteroatoms. The number of rotatable bonds is 7. The molecule has 0 atom stereocenters. The van der Waals surface area contributed by atoms with Crippen LogP contribution in [0.1, 0.15) is 25.5 Å². The molecule has 0 aromatic carbocycles. The van der Waals surface area contributed by atoms with E-state index in [4.69, 9.17) is 5.73 Å². The van der Waals surface area contributed by atoms with Gasteiger partial charge in [0, 0.05) is 19.3 Å². The molecule has 80 valence electrons. The Kier molecular flexibility index (Phi) is 5.25. The molecule has 0 amide bonds. The van der Waals surface area contributed by atoms with Crippen molar-refractivity contribution in [2.24, 2.45) is 5.73 Å². The Morgan fingerprint density at radius 1 is 1.50 bits per heavy atom. The molecule has 1 aromatic rings. The Labute approximate surface area is 85.5 Å². The van der Waals surface area contributed by atoms with E-state index in [1.807, 2.05) is 12.5 Å². The van der Waals surface area contributed by atoms with E-state index >= 15 is 0 Å². The lowest BCUT2D eigenvalue weighted by Crippen LogP contribution is -2.17. The highest BCUT2D eigenvalue weighted by molar-refractivity contribution is 4.97. The fourth-order valence-electron chi connectivity index (χ4n) is 1.39. The summed E-state index contributed by atoms with van der Waals surface area (Å²) in [5.41, 5.74) is 6.66. The van der Waals surface area contributed by atoms with Gasteiger partial charge in [-0.15, -0.1) is 0 Å². The molecule has 0 saturated carbocycles. The average molecular weight is 196 g/mol. The average Bonchev–Trinajstić information content (AvgIpc) is 2.65. The molecule has 0 unspecified atom stereocenters. The zero-order valence-electron chi connectivity index (χ0n) is 8.87. The highest BCUT2D eigenvalue weighted by atomic mass is 15.1. The van der Waals surface area contributed by atoms with E-state index in [2.05, 4.69) is 21.8 Å². The first-order chi connectivity index (χ1) is 6.88. The topological polar surface area (TPSA) is 55.9 Å². The summed E-state index contributed by atoms with van der Waals surface area (Å²) in [5, 5.41) is 3.38. The van der Waals surface area contributed by atoms with E-state index < -0.39 is 0 Å². The SMILES string of the molecule is CCn1cncc1CNCCCCN. The van der Waals surface area contributed by atoms with Crippen molar-refractivity contribution in [1.29, 1.82) is 0 Å². The van der Waals surface area contributed by atoms with Crippen molar-refractivity contribution in [3.05, 3.63) is 18.2 Å². The van der Waals surface area contributed by atoms with Crippen LogP contribution < -0.4 is 11.1 Å². The Bertz CT molecular complexity index is 244. The second kappa shape index (κ2) is 6.56. The molecule has 3 N–H and O–H groups in total. The van der Waals surface area contributed by atoms with Crippen LogP contribution in [0.2, 0.25) is 0 Å². The number of hydrogen-bond acceptors (Lipinski definition) is 3. The summed E-state index contributed by atoms with van der Waals surface area (Å²) in [6.45, 7) is 5.83. The van der Waals surface area contributed by atoms with Gasteiger partial charge in [0.15, 0.2) is 0 Å². The van der Waals surface area contributed by atoms with Crippen LogP contribution in [-0.2, 0) is 13.1 Å². The van der Waals surface area contributed by atoms with E-state index in [1.165, 1.54) is 5.69 Å². The smallest absolute Gasteiger partial charge is 0.0948 e. The highest BCUT2D eigenvalue weighted by Crippen LogP contribution is 1.98. The van der Waals surface area contributed by atoms with Gasteiger partial charge in [0.05, 0.1) is 12.0 Å². The van der Waals surface area contributed by atoms with E-state index in [0.29, 0.717) is 0 Å². The number of aromatic nitrogens is 2. The van der Waals surface area contributed by atoms with Gasteiger partial charge in [-0.1, -0.05) is 0 Å². The number of nitrogens with two attached hydrogens (primary N) is 1. The monoisotopic (exact) mass is 196 g/mol. The van der Waals surface area contributed by atoms with Crippen LogP contribution in [0.25, 0.3) is 0 Å². The first kappa shape index (κ1) is 11.2. The third-order valence-electron chi connectivity index (χ3n) is 2.25. The van der Waals surface area contributed by atoms with E-state index in [0.717, 1.165) is 39.0 Å². The van der Waals surface area contributed by atoms with Crippen molar-refractivity contribution in [2.75, 3.05) is 13.1 Å².